The number of carbonyl (C=O) groups excluding carboxylic acids is 1. The summed E-state index contributed by atoms with van der Waals surface area (Å²) in [5.74, 6) is 0.0251. The summed E-state index contributed by atoms with van der Waals surface area (Å²) < 4.78 is 1.76. The van der Waals surface area contributed by atoms with Crippen molar-refractivity contribution in [2.75, 3.05) is 0 Å². The molecule has 2 aromatic carbocycles. The predicted molar refractivity (Wildman–Crippen MR) is 110 cm³/mol. The number of nitrogens with zero attached hydrogens (tertiary/aromatic N) is 4. The molecule has 0 radical (unpaired) electrons. The van der Waals surface area contributed by atoms with Crippen molar-refractivity contribution >= 4 is 28.4 Å². The molecule has 0 aliphatic carbocycles. The minimum absolute atomic E-state index is 0.0251. The maximum Gasteiger partial charge on any atom is 0.210 e. The summed E-state index contributed by atoms with van der Waals surface area (Å²) in [5.41, 5.74) is 2.26. The maximum absolute atomic E-state index is 13.6. The summed E-state index contributed by atoms with van der Waals surface area (Å²) in [6, 6.07) is 17.6. The Morgan fingerprint density at radius 2 is 1.79 bits per heavy atom. The number of tetrazole rings is 1. The van der Waals surface area contributed by atoms with Gasteiger partial charge >= 0.3 is 0 Å². The average Bonchev–Trinajstić information content (AvgIpc) is 3.33. The van der Waals surface area contributed by atoms with Gasteiger partial charge in [0.25, 0.3) is 0 Å². The minimum atomic E-state index is -0.451. The van der Waals surface area contributed by atoms with Crippen molar-refractivity contribution in [2.24, 2.45) is 0 Å². The summed E-state index contributed by atoms with van der Waals surface area (Å²) in [6.45, 7) is 6.10. The Kier molecular flexibility index (Phi) is 4.77. The molecule has 0 spiro atoms. The van der Waals surface area contributed by atoms with Crippen LogP contribution >= 0.6 is 11.8 Å². The molecule has 6 nitrogen and oxygen atoms in total. The smallest absolute Gasteiger partial charge is 0.210 e. The molecule has 0 saturated heterocycles. The molecule has 4 rings (SSSR count). The Morgan fingerprint density at radius 3 is 2.54 bits per heavy atom. The SMILES string of the molecule is CC(C)(C)n1nnnc1SC(C(=O)c1c[nH]c2ccccc12)c1ccccc1. The lowest BCUT2D eigenvalue weighted by Gasteiger charge is -2.21. The van der Waals surface area contributed by atoms with Crippen LogP contribution in [0.4, 0.5) is 0 Å². The van der Waals surface area contributed by atoms with Crippen molar-refractivity contribution in [1.29, 1.82) is 0 Å². The van der Waals surface area contributed by atoms with E-state index in [9.17, 15) is 4.79 Å². The van der Waals surface area contributed by atoms with Gasteiger partial charge in [0, 0.05) is 22.7 Å². The molecular weight excluding hydrogens is 370 g/mol. The van der Waals surface area contributed by atoms with Gasteiger partial charge in [0.2, 0.25) is 5.16 Å². The highest BCUT2D eigenvalue weighted by molar-refractivity contribution is 8.00. The molecule has 1 unspecified atom stereocenters. The summed E-state index contributed by atoms with van der Waals surface area (Å²) in [6.07, 6.45) is 1.79. The van der Waals surface area contributed by atoms with Crippen molar-refractivity contribution in [3.63, 3.8) is 0 Å². The molecule has 1 atom stereocenters. The minimum Gasteiger partial charge on any atom is -0.360 e. The van der Waals surface area contributed by atoms with E-state index in [0.29, 0.717) is 10.7 Å². The van der Waals surface area contributed by atoms with E-state index in [2.05, 4.69) is 20.5 Å². The Bertz CT molecular complexity index is 1110. The van der Waals surface area contributed by atoms with Crippen LogP contribution in [0, 0.1) is 0 Å². The van der Waals surface area contributed by atoms with Crippen molar-refractivity contribution < 1.29 is 4.79 Å². The lowest BCUT2D eigenvalue weighted by atomic mass is 10.0. The Labute approximate surface area is 167 Å². The van der Waals surface area contributed by atoms with Gasteiger partial charge < -0.3 is 4.98 Å². The third kappa shape index (κ3) is 3.45. The fraction of sp³-hybridized carbons (Fsp3) is 0.238. The Balaban J connectivity index is 1.77. The highest BCUT2D eigenvalue weighted by Gasteiger charge is 2.29. The monoisotopic (exact) mass is 391 g/mol. The maximum atomic E-state index is 13.6. The molecule has 4 aromatic rings. The quantitative estimate of drug-likeness (QED) is 0.397. The van der Waals surface area contributed by atoms with E-state index in [0.717, 1.165) is 16.5 Å². The van der Waals surface area contributed by atoms with Crippen molar-refractivity contribution in [3.05, 3.63) is 71.9 Å². The number of rotatable bonds is 5. The standard InChI is InChI=1S/C21H21N5OS/c1-21(2,3)26-20(23-24-25-26)28-19(14-9-5-4-6-10-14)18(27)16-13-22-17-12-8-7-11-15(16)17/h4-13,19,22H,1-3H3. The van der Waals surface area contributed by atoms with Gasteiger partial charge in [-0.05, 0) is 42.8 Å². The van der Waals surface area contributed by atoms with Crippen molar-refractivity contribution in [1.82, 2.24) is 25.2 Å². The molecule has 2 aromatic heterocycles. The highest BCUT2D eigenvalue weighted by atomic mass is 32.2. The van der Waals surface area contributed by atoms with E-state index in [1.165, 1.54) is 11.8 Å². The predicted octanol–water partition coefficient (Wildman–Crippen LogP) is 4.63. The van der Waals surface area contributed by atoms with E-state index in [-0.39, 0.29) is 11.3 Å². The second-order valence-electron chi connectivity index (χ2n) is 7.56. The van der Waals surface area contributed by atoms with Gasteiger partial charge in [-0.1, -0.05) is 60.3 Å². The number of thioether (sulfide) groups is 1. The number of aromatic amines is 1. The first-order chi connectivity index (χ1) is 13.4. The first-order valence-corrected chi connectivity index (χ1v) is 9.94. The molecule has 0 fully saturated rings. The van der Waals surface area contributed by atoms with Gasteiger partial charge in [-0.25, -0.2) is 4.68 Å². The zero-order valence-corrected chi connectivity index (χ0v) is 16.8. The molecular formula is C21H21N5OS. The van der Waals surface area contributed by atoms with Crippen LogP contribution in [0.25, 0.3) is 10.9 Å². The van der Waals surface area contributed by atoms with Crippen LogP contribution in [0.2, 0.25) is 0 Å². The third-order valence-electron chi connectivity index (χ3n) is 4.49. The lowest BCUT2D eigenvalue weighted by molar-refractivity contribution is 0.0991. The van der Waals surface area contributed by atoms with Crippen LogP contribution in [-0.4, -0.2) is 31.0 Å². The number of hydrogen-bond donors (Lipinski definition) is 1. The fourth-order valence-corrected chi connectivity index (χ4v) is 4.33. The van der Waals surface area contributed by atoms with Gasteiger partial charge in [0.1, 0.15) is 5.25 Å². The summed E-state index contributed by atoms with van der Waals surface area (Å²) in [4.78, 5) is 16.8. The number of hydrogen-bond acceptors (Lipinski definition) is 5. The van der Waals surface area contributed by atoms with Crippen LogP contribution in [0.3, 0.4) is 0 Å². The van der Waals surface area contributed by atoms with E-state index < -0.39 is 5.25 Å². The zero-order chi connectivity index (χ0) is 19.7. The Hall–Kier alpha value is -2.93. The van der Waals surface area contributed by atoms with Gasteiger partial charge in [-0.2, -0.15) is 0 Å². The van der Waals surface area contributed by atoms with Crippen LogP contribution in [0.15, 0.2) is 66.0 Å². The molecule has 1 N–H and O–H groups in total. The lowest BCUT2D eigenvalue weighted by Crippen LogP contribution is -2.24. The average molecular weight is 392 g/mol. The van der Waals surface area contributed by atoms with Crippen LogP contribution < -0.4 is 0 Å². The molecule has 0 saturated carbocycles. The molecule has 2 heterocycles. The van der Waals surface area contributed by atoms with E-state index in [1.54, 1.807) is 10.9 Å². The first kappa shape index (κ1) is 18.4. The van der Waals surface area contributed by atoms with E-state index >= 15 is 0 Å². The van der Waals surface area contributed by atoms with Gasteiger partial charge in [-0.15, -0.1) is 5.10 Å². The number of ketones is 1. The topological polar surface area (TPSA) is 76.5 Å². The molecule has 142 valence electrons. The molecule has 28 heavy (non-hydrogen) atoms. The number of benzene rings is 2. The highest BCUT2D eigenvalue weighted by Crippen LogP contribution is 2.39. The number of aromatic nitrogens is 5. The molecule has 0 aliphatic heterocycles. The van der Waals surface area contributed by atoms with Gasteiger partial charge in [0.05, 0.1) is 5.54 Å². The third-order valence-corrected chi connectivity index (χ3v) is 5.68. The second kappa shape index (κ2) is 7.24. The number of Topliss-reactive ketones (excluding diaryl/α,β-unsaturated/α-hetero) is 1. The van der Waals surface area contributed by atoms with Crippen LogP contribution in [-0.2, 0) is 5.54 Å². The van der Waals surface area contributed by atoms with Gasteiger partial charge in [0.15, 0.2) is 5.78 Å². The fourth-order valence-electron chi connectivity index (χ4n) is 3.10. The Morgan fingerprint density at radius 1 is 1.07 bits per heavy atom. The van der Waals surface area contributed by atoms with Crippen LogP contribution in [0.5, 0.6) is 0 Å². The largest absolute Gasteiger partial charge is 0.360 e. The van der Waals surface area contributed by atoms with E-state index in [1.807, 2.05) is 75.4 Å². The number of para-hydroxylation sites is 1. The molecule has 7 heteroatoms. The second-order valence-corrected chi connectivity index (χ2v) is 8.64. The number of carbonyl (C=O) groups is 1. The molecule has 0 bridgehead atoms. The van der Waals surface area contributed by atoms with Crippen molar-refractivity contribution in [2.45, 2.75) is 36.7 Å². The van der Waals surface area contributed by atoms with Crippen molar-refractivity contribution in [3.8, 4) is 0 Å². The molecule has 0 amide bonds. The van der Waals surface area contributed by atoms with E-state index in [4.69, 9.17) is 0 Å². The summed E-state index contributed by atoms with van der Waals surface area (Å²) in [5, 5.41) is 13.2. The summed E-state index contributed by atoms with van der Waals surface area (Å²) >= 11 is 1.38. The molecule has 0 aliphatic rings. The summed E-state index contributed by atoms with van der Waals surface area (Å²) in [7, 11) is 0. The first-order valence-electron chi connectivity index (χ1n) is 9.06. The van der Waals surface area contributed by atoms with Gasteiger partial charge in [-0.3, -0.25) is 4.79 Å². The number of fused-ring (bicyclic) bond motifs is 1. The normalized spacial score (nSPS) is 13.0. The number of H-pyrrole nitrogens is 1. The number of nitrogens with one attached hydrogen (secondary N) is 1. The van der Waals surface area contributed by atoms with Crippen LogP contribution in [0.1, 0.15) is 41.9 Å². The zero-order valence-electron chi connectivity index (χ0n) is 16.0.